The Kier molecular flexibility index (Phi) is 5.14. The zero-order valence-electron chi connectivity index (χ0n) is 13.0. The standard InChI is InChI=1S/C16H21N3O3/c1-12(20)14-4-3-5-15(10-14)17-11-16(22)19-8-6-18(7-9-19)13(2)21/h3-5,10,17H,6-9,11H2,1-2H3. The summed E-state index contributed by atoms with van der Waals surface area (Å²) in [5.74, 6) is 0.0398. The Morgan fingerprint density at radius 1 is 1.05 bits per heavy atom. The molecule has 118 valence electrons. The molecule has 2 rings (SSSR count). The number of nitrogens with zero attached hydrogens (tertiary/aromatic N) is 2. The molecule has 1 N–H and O–H groups in total. The van der Waals surface area contributed by atoms with E-state index in [4.69, 9.17) is 0 Å². The predicted molar refractivity (Wildman–Crippen MR) is 83.8 cm³/mol. The zero-order valence-corrected chi connectivity index (χ0v) is 13.0. The van der Waals surface area contributed by atoms with Crippen LogP contribution in [0.4, 0.5) is 5.69 Å². The summed E-state index contributed by atoms with van der Waals surface area (Å²) in [4.78, 5) is 38.2. The lowest BCUT2D eigenvalue weighted by Crippen LogP contribution is -2.51. The Hall–Kier alpha value is -2.37. The fourth-order valence-electron chi connectivity index (χ4n) is 2.41. The summed E-state index contributed by atoms with van der Waals surface area (Å²) in [5, 5.41) is 3.05. The van der Waals surface area contributed by atoms with Gasteiger partial charge >= 0.3 is 0 Å². The monoisotopic (exact) mass is 303 g/mol. The number of anilines is 1. The second kappa shape index (κ2) is 7.06. The van der Waals surface area contributed by atoms with Crippen LogP contribution >= 0.6 is 0 Å². The largest absolute Gasteiger partial charge is 0.376 e. The van der Waals surface area contributed by atoms with Gasteiger partial charge < -0.3 is 15.1 Å². The highest BCUT2D eigenvalue weighted by Gasteiger charge is 2.21. The quantitative estimate of drug-likeness (QED) is 0.842. The summed E-state index contributed by atoms with van der Waals surface area (Å²) in [7, 11) is 0. The molecule has 1 aromatic rings. The average Bonchev–Trinajstić information content (AvgIpc) is 2.53. The van der Waals surface area contributed by atoms with E-state index in [1.165, 1.54) is 6.92 Å². The molecule has 0 atom stereocenters. The van der Waals surface area contributed by atoms with E-state index < -0.39 is 0 Å². The van der Waals surface area contributed by atoms with Crippen LogP contribution in [0.5, 0.6) is 0 Å². The number of Topliss-reactive ketones (excluding diaryl/α,β-unsaturated/α-hetero) is 1. The zero-order chi connectivity index (χ0) is 16.1. The molecule has 0 spiro atoms. The van der Waals surface area contributed by atoms with Crippen LogP contribution < -0.4 is 5.32 Å². The third-order valence-corrected chi connectivity index (χ3v) is 3.79. The Balaban J connectivity index is 1.84. The fourth-order valence-corrected chi connectivity index (χ4v) is 2.41. The number of nitrogens with one attached hydrogen (secondary N) is 1. The molecule has 6 heteroatoms. The maximum Gasteiger partial charge on any atom is 0.241 e. The molecule has 1 aromatic carbocycles. The first kappa shape index (κ1) is 16.0. The van der Waals surface area contributed by atoms with Crippen LogP contribution in [0.25, 0.3) is 0 Å². The van der Waals surface area contributed by atoms with Crippen LogP contribution in [0.1, 0.15) is 24.2 Å². The smallest absolute Gasteiger partial charge is 0.241 e. The first-order chi connectivity index (χ1) is 10.5. The molecule has 0 radical (unpaired) electrons. The van der Waals surface area contributed by atoms with Crippen LogP contribution in [-0.2, 0) is 9.59 Å². The summed E-state index contributed by atoms with van der Waals surface area (Å²) in [6.45, 7) is 5.53. The maximum atomic E-state index is 12.2. The molecule has 1 aliphatic heterocycles. The van der Waals surface area contributed by atoms with Crippen molar-refractivity contribution in [3.05, 3.63) is 29.8 Å². The molecule has 1 saturated heterocycles. The summed E-state index contributed by atoms with van der Waals surface area (Å²) >= 11 is 0. The van der Waals surface area contributed by atoms with Gasteiger partial charge in [0.25, 0.3) is 0 Å². The van der Waals surface area contributed by atoms with E-state index in [1.807, 2.05) is 6.07 Å². The second-order valence-electron chi connectivity index (χ2n) is 5.38. The van der Waals surface area contributed by atoms with Crippen LogP contribution in [-0.4, -0.2) is 60.1 Å². The Morgan fingerprint density at radius 2 is 1.68 bits per heavy atom. The number of carbonyl (C=O) groups is 3. The third kappa shape index (κ3) is 4.07. The lowest BCUT2D eigenvalue weighted by molar-refractivity contribution is -0.137. The maximum absolute atomic E-state index is 12.2. The molecule has 1 aliphatic rings. The summed E-state index contributed by atoms with van der Waals surface area (Å²) in [6.07, 6.45) is 0. The normalized spacial score (nSPS) is 14.6. The van der Waals surface area contributed by atoms with Crippen LogP contribution in [0.15, 0.2) is 24.3 Å². The highest BCUT2D eigenvalue weighted by molar-refractivity contribution is 5.95. The number of benzene rings is 1. The van der Waals surface area contributed by atoms with Gasteiger partial charge in [-0.3, -0.25) is 14.4 Å². The van der Waals surface area contributed by atoms with Gasteiger partial charge in [0.2, 0.25) is 11.8 Å². The Morgan fingerprint density at radius 3 is 2.27 bits per heavy atom. The molecule has 22 heavy (non-hydrogen) atoms. The van der Waals surface area contributed by atoms with Crippen LogP contribution in [0, 0.1) is 0 Å². The molecule has 0 unspecified atom stereocenters. The second-order valence-corrected chi connectivity index (χ2v) is 5.38. The van der Waals surface area contributed by atoms with Gasteiger partial charge in [0, 0.05) is 44.4 Å². The summed E-state index contributed by atoms with van der Waals surface area (Å²) in [5.41, 5.74) is 1.37. The van der Waals surface area contributed by atoms with E-state index >= 15 is 0 Å². The minimum absolute atomic E-state index is 0.00331. The lowest BCUT2D eigenvalue weighted by Gasteiger charge is -2.34. The molecule has 1 heterocycles. The predicted octanol–water partition coefficient (Wildman–Crippen LogP) is 0.992. The summed E-state index contributed by atoms with van der Waals surface area (Å²) in [6, 6.07) is 7.10. The van der Waals surface area contributed by atoms with E-state index in [1.54, 1.807) is 34.9 Å². The number of amides is 2. The minimum atomic E-state index is -0.00432. The van der Waals surface area contributed by atoms with Gasteiger partial charge in [-0.15, -0.1) is 0 Å². The Labute approximate surface area is 130 Å². The molecule has 0 aromatic heterocycles. The third-order valence-electron chi connectivity index (χ3n) is 3.79. The number of piperazine rings is 1. The molecule has 0 aliphatic carbocycles. The number of hydrogen-bond acceptors (Lipinski definition) is 4. The fraction of sp³-hybridized carbons (Fsp3) is 0.438. The van der Waals surface area contributed by atoms with E-state index in [2.05, 4.69) is 5.32 Å². The molecular weight excluding hydrogens is 282 g/mol. The SMILES string of the molecule is CC(=O)c1cccc(NCC(=O)N2CCN(C(C)=O)CC2)c1. The van der Waals surface area contributed by atoms with Gasteiger partial charge in [-0.2, -0.15) is 0 Å². The van der Waals surface area contributed by atoms with Crippen molar-refractivity contribution in [3.8, 4) is 0 Å². The number of rotatable bonds is 4. The first-order valence-corrected chi connectivity index (χ1v) is 7.35. The van der Waals surface area contributed by atoms with Crippen molar-refractivity contribution in [3.63, 3.8) is 0 Å². The van der Waals surface area contributed by atoms with Crippen molar-refractivity contribution >= 4 is 23.3 Å². The van der Waals surface area contributed by atoms with Gasteiger partial charge in [0.1, 0.15) is 0 Å². The Bertz CT molecular complexity index is 578. The molecule has 2 amide bonds. The van der Waals surface area contributed by atoms with Crippen molar-refractivity contribution in [1.82, 2.24) is 9.80 Å². The van der Waals surface area contributed by atoms with E-state index in [0.29, 0.717) is 31.7 Å². The minimum Gasteiger partial charge on any atom is -0.376 e. The van der Waals surface area contributed by atoms with Gasteiger partial charge in [0.15, 0.2) is 5.78 Å². The first-order valence-electron chi connectivity index (χ1n) is 7.35. The van der Waals surface area contributed by atoms with Crippen molar-refractivity contribution in [2.75, 3.05) is 38.0 Å². The number of hydrogen-bond donors (Lipinski definition) is 1. The average molecular weight is 303 g/mol. The van der Waals surface area contributed by atoms with Crippen molar-refractivity contribution in [2.45, 2.75) is 13.8 Å². The lowest BCUT2D eigenvalue weighted by atomic mass is 10.1. The van der Waals surface area contributed by atoms with Crippen LogP contribution in [0.3, 0.4) is 0 Å². The van der Waals surface area contributed by atoms with E-state index in [-0.39, 0.29) is 24.1 Å². The summed E-state index contributed by atoms with van der Waals surface area (Å²) < 4.78 is 0. The highest BCUT2D eigenvalue weighted by atomic mass is 16.2. The van der Waals surface area contributed by atoms with Gasteiger partial charge in [-0.05, 0) is 19.1 Å². The van der Waals surface area contributed by atoms with Gasteiger partial charge in [-0.25, -0.2) is 0 Å². The van der Waals surface area contributed by atoms with Crippen LogP contribution in [0.2, 0.25) is 0 Å². The number of ketones is 1. The molecule has 0 saturated carbocycles. The van der Waals surface area contributed by atoms with Gasteiger partial charge in [0.05, 0.1) is 6.54 Å². The highest BCUT2D eigenvalue weighted by Crippen LogP contribution is 2.11. The topological polar surface area (TPSA) is 69.7 Å². The van der Waals surface area contributed by atoms with E-state index in [0.717, 1.165) is 5.69 Å². The van der Waals surface area contributed by atoms with Crippen molar-refractivity contribution < 1.29 is 14.4 Å². The molecule has 1 fully saturated rings. The molecular formula is C16H21N3O3. The van der Waals surface area contributed by atoms with E-state index in [9.17, 15) is 14.4 Å². The number of carbonyl (C=O) groups excluding carboxylic acids is 3. The molecule has 6 nitrogen and oxygen atoms in total. The van der Waals surface area contributed by atoms with Gasteiger partial charge in [-0.1, -0.05) is 12.1 Å². The molecule has 0 bridgehead atoms. The van der Waals surface area contributed by atoms with Crippen molar-refractivity contribution in [2.24, 2.45) is 0 Å². The van der Waals surface area contributed by atoms with Crippen molar-refractivity contribution in [1.29, 1.82) is 0 Å².